The maximum Gasteiger partial charge on any atom is 0.243 e. The van der Waals surface area contributed by atoms with Gasteiger partial charge in [-0.15, -0.1) is 11.3 Å². The largest absolute Gasteiger partial charge is 0.347 e. The predicted molar refractivity (Wildman–Crippen MR) is 109 cm³/mol. The lowest BCUT2D eigenvalue weighted by Gasteiger charge is -2.19. The van der Waals surface area contributed by atoms with Crippen LogP contribution in [-0.2, 0) is 11.2 Å². The van der Waals surface area contributed by atoms with Crippen LogP contribution in [0.5, 0.6) is 0 Å². The molecule has 0 spiro atoms. The van der Waals surface area contributed by atoms with Crippen LogP contribution in [0.3, 0.4) is 0 Å². The SMILES string of the molecule is CC(C(=O)NC1CCc2cc(Br)ccc21)n1c(-c2cccs2)n[nH]c1=S. The Morgan fingerprint density at radius 1 is 1.50 bits per heavy atom. The first-order chi connectivity index (χ1) is 12.5. The topological polar surface area (TPSA) is 62.7 Å². The molecule has 1 aromatic carbocycles. The Bertz CT molecular complexity index is 1010. The number of halogens is 1. The number of amides is 1. The normalized spacial score (nSPS) is 17.1. The van der Waals surface area contributed by atoms with Gasteiger partial charge in [0.05, 0.1) is 10.9 Å². The number of hydrogen-bond acceptors (Lipinski definition) is 4. The van der Waals surface area contributed by atoms with Gasteiger partial charge in [0.1, 0.15) is 6.04 Å². The van der Waals surface area contributed by atoms with E-state index in [1.807, 2.05) is 30.5 Å². The average molecular weight is 449 g/mol. The van der Waals surface area contributed by atoms with Crippen molar-refractivity contribution in [1.29, 1.82) is 0 Å². The molecular formula is C18H17BrN4OS2. The molecule has 1 amide bonds. The summed E-state index contributed by atoms with van der Waals surface area (Å²) in [4.78, 5) is 13.9. The molecule has 0 fully saturated rings. The number of carbonyl (C=O) groups excluding carboxylic acids is 1. The van der Waals surface area contributed by atoms with E-state index in [-0.39, 0.29) is 11.9 Å². The first-order valence-corrected chi connectivity index (χ1v) is 10.4. The fourth-order valence-corrected chi connectivity index (χ4v) is 4.80. The van der Waals surface area contributed by atoms with Crippen LogP contribution in [0.2, 0.25) is 0 Å². The van der Waals surface area contributed by atoms with Crippen molar-refractivity contribution in [3.63, 3.8) is 0 Å². The van der Waals surface area contributed by atoms with Gasteiger partial charge in [0.2, 0.25) is 5.91 Å². The molecule has 0 saturated carbocycles. The molecule has 5 nitrogen and oxygen atoms in total. The number of hydrogen-bond donors (Lipinski definition) is 2. The van der Waals surface area contributed by atoms with Crippen LogP contribution in [0, 0.1) is 4.77 Å². The summed E-state index contributed by atoms with van der Waals surface area (Å²) in [6.07, 6.45) is 1.89. The number of aromatic nitrogens is 3. The molecule has 2 N–H and O–H groups in total. The third kappa shape index (κ3) is 3.17. The average Bonchev–Trinajstić information content (AvgIpc) is 3.34. The quantitative estimate of drug-likeness (QED) is 0.563. The first kappa shape index (κ1) is 17.6. The second-order valence-electron chi connectivity index (χ2n) is 6.32. The number of benzene rings is 1. The monoisotopic (exact) mass is 448 g/mol. The summed E-state index contributed by atoms with van der Waals surface area (Å²) in [5.41, 5.74) is 2.49. The van der Waals surface area contributed by atoms with Gasteiger partial charge in [-0.05, 0) is 66.7 Å². The Kier molecular flexibility index (Phi) is 4.81. The smallest absolute Gasteiger partial charge is 0.243 e. The molecule has 2 aromatic heterocycles. The van der Waals surface area contributed by atoms with Gasteiger partial charge in [-0.1, -0.05) is 28.1 Å². The molecular weight excluding hydrogens is 432 g/mol. The summed E-state index contributed by atoms with van der Waals surface area (Å²) in [5.74, 6) is 0.643. The molecule has 134 valence electrons. The Morgan fingerprint density at radius 3 is 3.12 bits per heavy atom. The van der Waals surface area contributed by atoms with Crippen molar-refractivity contribution in [2.45, 2.75) is 31.8 Å². The number of fused-ring (bicyclic) bond motifs is 1. The zero-order valence-electron chi connectivity index (χ0n) is 14.0. The molecule has 1 aliphatic rings. The van der Waals surface area contributed by atoms with Crippen molar-refractivity contribution in [3.8, 4) is 10.7 Å². The van der Waals surface area contributed by atoms with E-state index in [2.05, 4.69) is 43.6 Å². The molecule has 4 rings (SSSR count). The molecule has 0 bridgehead atoms. The Balaban J connectivity index is 1.57. The molecule has 0 aliphatic heterocycles. The molecule has 3 aromatic rings. The van der Waals surface area contributed by atoms with Crippen LogP contribution >= 0.6 is 39.5 Å². The lowest BCUT2D eigenvalue weighted by Crippen LogP contribution is -2.33. The first-order valence-electron chi connectivity index (χ1n) is 8.34. The van der Waals surface area contributed by atoms with E-state index in [1.54, 1.807) is 15.9 Å². The van der Waals surface area contributed by atoms with Gasteiger partial charge in [-0.25, -0.2) is 0 Å². The van der Waals surface area contributed by atoms with Crippen LogP contribution in [0.1, 0.15) is 36.6 Å². The maximum atomic E-state index is 12.9. The molecule has 8 heteroatoms. The van der Waals surface area contributed by atoms with E-state index in [0.717, 1.165) is 22.2 Å². The Labute approximate surface area is 168 Å². The maximum absolute atomic E-state index is 12.9. The van der Waals surface area contributed by atoms with Gasteiger partial charge >= 0.3 is 0 Å². The molecule has 2 heterocycles. The van der Waals surface area contributed by atoms with Crippen LogP contribution in [0.25, 0.3) is 10.7 Å². The molecule has 1 aliphatic carbocycles. The number of rotatable bonds is 4. The predicted octanol–water partition coefficient (Wildman–Crippen LogP) is 4.80. The molecule has 2 atom stereocenters. The number of nitrogens with zero attached hydrogens (tertiary/aromatic N) is 2. The third-order valence-corrected chi connectivity index (χ3v) is 6.36. The van der Waals surface area contributed by atoms with Crippen LogP contribution in [0.4, 0.5) is 0 Å². The van der Waals surface area contributed by atoms with Gasteiger partial charge < -0.3 is 5.32 Å². The Hall–Kier alpha value is -1.77. The van der Waals surface area contributed by atoms with Crippen LogP contribution in [0.15, 0.2) is 40.2 Å². The molecule has 2 unspecified atom stereocenters. The van der Waals surface area contributed by atoms with Gasteiger partial charge in [0.15, 0.2) is 10.6 Å². The zero-order valence-corrected chi connectivity index (χ0v) is 17.2. The fourth-order valence-electron chi connectivity index (χ4n) is 3.39. The lowest BCUT2D eigenvalue weighted by atomic mass is 10.1. The Morgan fingerprint density at radius 2 is 2.35 bits per heavy atom. The van der Waals surface area contributed by atoms with E-state index in [9.17, 15) is 4.79 Å². The van der Waals surface area contributed by atoms with E-state index in [1.165, 1.54) is 11.1 Å². The number of nitrogens with one attached hydrogen (secondary N) is 2. The summed E-state index contributed by atoms with van der Waals surface area (Å²) in [7, 11) is 0. The second kappa shape index (κ2) is 7.09. The van der Waals surface area contributed by atoms with E-state index < -0.39 is 6.04 Å². The van der Waals surface area contributed by atoms with Gasteiger partial charge in [0.25, 0.3) is 0 Å². The number of aromatic amines is 1. The van der Waals surface area contributed by atoms with Crippen molar-refractivity contribution in [2.24, 2.45) is 0 Å². The van der Waals surface area contributed by atoms with Gasteiger partial charge in [0, 0.05) is 4.47 Å². The molecule has 26 heavy (non-hydrogen) atoms. The summed E-state index contributed by atoms with van der Waals surface area (Å²) >= 11 is 10.4. The highest BCUT2D eigenvalue weighted by molar-refractivity contribution is 9.10. The highest BCUT2D eigenvalue weighted by Gasteiger charge is 2.28. The number of H-pyrrole nitrogens is 1. The van der Waals surface area contributed by atoms with E-state index >= 15 is 0 Å². The minimum absolute atomic E-state index is 0.0410. The lowest BCUT2D eigenvalue weighted by molar-refractivity contribution is -0.124. The highest BCUT2D eigenvalue weighted by Crippen LogP contribution is 2.33. The molecule has 0 saturated heterocycles. The van der Waals surface area contributed by atoms with Crippen molar-refractivity contribution >= 4 is 45.4 Å². The van der Waals surface area contributed by atoms with Crippen LogP contribution in [-0.4, -0.2) is 20.7 Å². The second-order valence-corrected chi connectivity index (χ2v) is 8.57. The summed E-state index contributed by atoms with van der Waals surface area (Å²) in [6, 6.07) is 9.77. The summed E-state index contributed by atoms with van der Waals surface area (Å²) in [5, 5.41) is 12.3. The highest BCUT2D eigenvalue weighted by atomic mass is 79.9. The standard InChI is InChI=1S/C18H17BrN4OS2/c1-10(23-16(21-22-18(23)25)15-3-2-8-26-15)17(24)20-14-7-4-11-9-12(19)5-6-13(11)14/h2-3,5-6,8-10,14H,4,7H2,1H3,(H,20,24)(H,22,25). The van der Waals surface area contributed by atoms with E-state index in [0.29, 0.717) is 10.6 Å². The van der Waals surface area contributed by atoms with Crippen molar-refractivity contribution in [2.75, 3.05) is 0 Å². The summed E-state index contributed by atoms with van der Waals surface area (Å²) < 4.78 is 3.31. The van der Waals surface area contributed by atoms with Gasteiger partial charge in [-0.2, -0.15) is 5.10 Å². The molecule has 0 radical (unpaired) electrons. The van der Waals surface area contributed by atoms with Crippen molar-refractivity contribution < 1.29 is 4.79 Å². The minimum Gasteiger partial charge on any atom is -0.347 e. The minimum atomic E-state index is -0.446. The number of thiophene rings is 1. The zero-order chi connectivity index (χ0) is 18.3. The van der Waals surface area contributed by atoms with E-state index in [4.69, 9.17) is 12.2 Å². The van der Waals surface area contributed by atoms with Gasteiger partial charge in [-0.3, -0.25) is 14.5 Å². The number of aryl methyl sites for hydroxylation is 1. The van der Waals surface area contributed by atoms with Crippen molar-refractivity contribution in [1.82, 2.24) is 20.1 Å². The number of carbonyl (C=O) groups is 1. The fraction of sp³-hybridized carbons (Fsp3) is 0.278. The van der Waals surface area contributed by atoms with Crippen molar-refractivity contribution in [3.05, 3.63) is 56.1 Å². The third-order valence-electron chi connectivity index (χ3n) is 4.71. The summed E-state index contributed by atoms with van der Waals surface area (Å²) in [6.45, 7) is 1.86. The van der Waals surface area contributed by atoms with Crippen LogP contribution < -0.4 is 5.32 Å².